The second-order valence-electron chi connectivity index (χ2n) is 5.02. The van der Waals surface area contributed by atoms with E-state index in [4.69, 9.17) is 0 Å². The summed E-state index contributed by atoms with van der Waals surface area (Å²) in [5.41, 5.74) is -0.889. The van der Waals surface area contributed by atoms with Gasteiger partial charge >= 0.3 is 12.0 Å². The van der Waals surface area contributed by atoms with Gasteiger partial charge in [0.2, 0.25) is 6.17 Å². The third kappa shape index (κ3) is 2.84. The molecule has 1 nitrogen and oxygen atoms in total. The molecule has 0 radical (unpaired) electrons. The molecule has 0 bridgehead atoms. The molecule has 0 aromatic heterocycles. The van der Waals surface area contributed by atoms with E-state index in [-0.39, 0.29) is 19.0 Å². The number of allylic oxidation sites excluding steroid dienone is 1. The van der Waals surface area contributed by atoms with Crippen LogP contribution in [0.5, 0.6) is 0 Å². The summed E-state index contributed by atoms with van der Waals surface area (Å²) in [6, 6.07) is -4.16. The maximum Gasteiger partial charge on any atom is 0.342 e. The quantitative estimate of drug-likeness (QED) is 0.426. The number of alkyl halides is 5. The van der Waals surface area contributed by atoms with Crippen molar-refractivity contribution < 1.29 is 22.0 Å². The molecule has 1 atom stereocenters. The average molecular weight is 271 g/mol. The van der Waals surface area contributed by atoms with E-state index in [1.807, 2.05) is 6.92 Å². The molecule has 0 N–H and O–H groups in total. The minimum atomic E-state index is -4.22. The van der Waals surface area contributed by atoms with E-state index in [2.05, 4.69) is 6.58 Å². The maximum absolute atomic E-state index is 13.7. The van der Waals surface area contributed by atoms with Crippen LogP contribution in [0.3, 0.4) is 0 Å². The van der Waals surface area contributed by atoms with Gasteiger partial charge < -0.3 is 0 Å². The summed E-state index contributed by atoms with van der Waals surface area (Å²) in [5, 5.41) is 0. The van der Waals surface area contributed by atoms with Gasteiger partial charge in [0.05, 0.1) is 0 Å². The second-order valence-corrected chi connectivity index (χ2v) is 5.02. The Hall–Kier alpha value is -0.650. The lowest BCUT2D eigenvalue weighted by Gasteiger charge is -2.39. The molecule has 1 unspecified atom stereocenters. The van der Waals surface area contributed by atoms with E-state index in [0.29, 0.717) is 17.7 Å². The SMILES string of the molecule is C=C(C)C(F)(F)C(F)C(F)(F)N1CCC(C)CC1. The van der Waals surface area contributed by atoms with Gasteiger partial charge in [0.25, 0.3) is 0 Å². The first kappa shape index (κ1) is 15.4. The summed E-state index contributed by atoms with van der Waals surface area (Å²) in [6.45, 7) is 5.48. The molecule has 6 heteroatoms. The fourth-order valence-electron chi connectivity index (χ4n) is 1.90. The Morgan fingerprint density at radius 3 is 2.06 bits per heavy atom. The van der Waals surface area contributed by atoms with Gasteiger partial charge in [0, 0.05) is 13.1 Å². The Morgan fingerprint density at radius 1 is 1.22 bits per heavy atom. The van der Waals surface area contributed by atoms with Gasteiger partial charge in [-0.2, -0.15) is 17.6 Å². The lowest BCUT2D eigenvalue weighted by atomic mass is 9.97. The van der Waals surface area contributed by atoms with E-state index in [9.17, 15) is 22.0 Å². The molecule has 0 spiro atoms. The third-order valence-electron chi connectivity index (χ3n) is 3.40. The van der Waals surface area contributed by atoms with Gasteiger partial charge in [-0.25, -0.2) is 9.29 Å². The molecule has 106 valence electrons. The van der Waals surface area contributed by atoms with Gasteiger partial charge in [0.15, 0.2) is 0 Å². The third-order valence-corrected chi connectivity index (χ3v) is 3.40. The van der Waals surface area contributed by atoms with Crippen molar-refractivity contribution in [3.63, 3.8) is 0 Å². The lowest BCUT2D eigenvalue weighted by molar-refractivity contribution is -0.244. The van der Waals surface area contributed by atoms with Crippen molar-refractivity contribution in [2.45, 2.75) is 44.8 Å². The smallest absolute Gasteiger partial charge is 0.242 e. The molecule has 1 aliphatic heterocycles. The molecule has 0 aromatic rings. The molecule has 0 amide bonds. The van der Waals surface area contributed by atoms with E-state index in [1.165, 1.54) is 0 Å². The molecule has 1 aliphatic rings. The van der Waals surface area contributed by atoms with Crippen molar-refractivity contribution in [3.8, 4) is 0 Å². The second kappa shape index (κ2) is 5.15. The molecular weight excluding hydrogens is 253 g/mol. The van der Waals surface area contributed by atoms with Gasteiger partial charge in [0.1, 0.15) is 0 Å². The van der Waals surface area contributed by atoms with E-state index in [0.717, 1.165) is 6.92 Å². The predicted molar refractivity (Wildman–Crippen MR) is 59.6 cm³/mol. The molecule has 0 aromatic carbocycles. The number of hydrogen-bond acceptors (Lipinski definition) is 1. The van der Waals surface area contributed by atoms with Crippen LogP contribution in [0.1, 0.15) is 26.7 Å². The van der Waals surface area contributed by atoms with Crippen LogP contribution >= 0.6 is 0 Å². The minimum Gasteiger partial charge on any atom is -0.242 e. The van der Waals surface area contributed by atoms with Gasteiger partial charge in [-0.1, -0.05) is 13.5 Å². The minimum absolute atomic E-state index is 0.0686. The summed E-state index contributed by atoms with van der Waals surface area (Å²) in [4.78, 5) is 0.508. The molecule has 1 rings (SSSR count). The van der Waals surface area contributed by atoms with Crippen LogP contribution in [-0.2, 0) is 0 Å². The number of piperidine rings is 1. The number of halogens is 5. The Kier molecular flexibility index (Phi) is 4.41. The number of hydrogen-bond donors (Lipinski definition) is 0. The van der Waals surface area contributed by atoms with Crippen LogP contribution in [0.15, 0.2) is 12.2 Å². The van der Waals surface area contributed by atoms with Gasteiger partial charge in [-0.3, -0.25) is 0 Å². The van der Waals surface area contributed by atoms with Crippen LogP contribution in [0.4, 0.5) is 22.0 Å². The molecule has 18 heavy (non-hydrogen) atoms. The van der Waals surface area contributed by atoms with E-state index in [1.54, 1.807) is 0 Å². The first-order valence-corrected chi connectivity index (χ1v) is 5.90. The monoisotopic (exact) mass is 271 g/mol. The Bertz CT molecular complexity index is 308. The van der Waals surface area contributed by atoms with Crippen molar-refractivity contribution in [1.29, 1.82) is 0 Å². The fraction of sp³-hybridized carbons (Fsp3) is 0.833. The molecule has 1 saturated heterocycles. The zero-order chi connectivity index (χ0) is 14.1. The van der Waals surface area contributed by atoms with Crippen molar-refractivity contribution in [1.82, 2.24) is 4.90 Å². The number of nitrogens with zero attached hydrogens (tertiary/aromatic N) is 1. The largest absolute Gasteiger partial charge is 0.342 e. The van der Waals surface area contributed by atoms with Crippen LogP contribution in [0.25, 0.3) is 0 Å². The van der Waals surface area contributed by atoms with Crippen molar-refractivity contribution in [2.75, 3.05) is 13.1 Å². The highest BCUT2D eigenvalue weighted by Crippen LogP contribution is 2.41. The summed E-state index contributed by atoms with van der Waals surface area (Å²) in [5.74, 6) is -3.95. The lowest BCUT2D eigenvalue weighted by Crippen LogP contribution is -2.57. The zero-order valence-electron chi connectivity index (χ0n) is 10.5. The van der Waals surface area contributed by atoms with Gasteiger partial charge in [-0.15, -0.1) is 0 Å². The molecular formula is C12H18F5N. The molecule has 1 heterocycles. The fourth-order valence-corrected chi connectivity index (χ4v) is 1.90. The maximum atomic E-state index is 13.7. The molecule has 1 fully saturated rings. The predicted octanol–water partition coefficient (Wildman–Crippen LogP) is 3.86. The Labute approximate surface area is 104 Å². The highest BCUT2D eigenvalue weighted by molar-refractivity contribution is 5.10. The first-order chi connectivity index (χ1) is 8.10. The average Bonchev–Trinajstić information content (AvgIpc) is 2.28. The van der Waals surface area contributed by atoms with Gasteiger partial charge in [-0.05, 0) is 31.3 Å². The highest BCUT2D eigenvalue weighted by Gasteiger charge is 2.59. The Balaban J connectivity index is 2.82. The summed E-state index contributed by atoms with van der Waals surface area (Å²) < 4.78 is 67.5. The Morgan fingerprint density at radius 2 is 1.67 bits per heavy atom. The normalized spacial score (nSPS) is 21.9. The standard InChI is InChI=1S/C12H18F5N/c1-8(2)11(14,15)10(13)12(16,17)18-6-4-9(3)5-7-18/h9-10H,1,4-7H2,2-3H3. The summed E-state index contributed by atoms with van der Waals surface area (Å²) in [7, 11) is 0. The van der Waals surface area contributed by atoms with Crippen molar-refractivity contribution >= 4 is 0 Å². The molecule has 0 saturated carbocycles. The highest BCUT2D eigenvalue weighted by atomic mass is 19.3. The summed E-state index contributed by atoms with van der Waals surface area (Å²) >= 11 is 0. The van der Waals surface area contributed by atoms with Crippen molar-refractivity contribution in [3.05, 3.63) is 12.2 Å². The van der Waals surface area contributed by atoms with Crippen LogP contribution in [0, 0.1) is 5.92 Å². The summed E-state index contributed by atoms with van der Waals surface area (Å²) in [6.07, 6.45) is -2.64. The van der Waals surface area contributed by atoms with Crippen LogP contribution in [0.2, 0.25) is 0 Å². The van der Waals surface area contributed by atoms with Crippen LogP contribution < -0.4 is 0 Å². The van der Waals surface area contributed by atoms with Crippen LogP contribution in [-0.4, -0.2) is 36.1 Å². The van der Waals surface area contributed by atoms with E-state index < -0.39 is 23.7 Å². The van der Waals surface area contributed by atoms with E-state index >= 15 is 0 Å². The van der Waals surface area contributed by atoms with Crippen molar-refractivity contribution in [2.24, 2.45) is 5.92 Å². The topological polar surface area (TPSA) is 3.24 Å². The first-order valence-electron chi connectivity index (χ1n) is 5.90. The zero-order valence-corrected chi connectivity index (χ0v) is 10.5. The molecule has 0 aliphatic carbocycles. The number of likely N-dealkylation sites (tertiary alicyclic amines) is 1. The number of rotatable bonds is 4.